The summed E-state index contributed by atoms with van der Waals surface area (Å²) in [5, 5.41) is 29.7. The molecule has 39 heavy (non-hydrogen) atoms. The molecular formula is C26H37FN8O2S2. The molecule has 1 aromatic heterocycles. The maximum absolute atomic E-state index is 13.9. The van der Waals surface area contributed by atoms with E-state index in [1.165, 1.54) is 0 Å². The van der Waals surface area contributed by atoms with E-state index in [0.29, 0.717) is 35.9 Å². The number of hydrogen-bond acceptors (Lipinski definition) is 8. The van der Waals surface area contributed by atoms with Gasteiger partial charge < -0.3 is 9.80 Å². The summed E-state index contributed by atoms with van der Waals surface area (Å²) in [5.74, 6) is 0.223. The molecule has 0 spiro atoms. The number of thiocarbonyl (C=S) groups is 1. The lowest BCUT2D eigenvalue weighted by molar-refractivity contribution is -0.137. The molecule has 10 nitrogen and oxygen atoms in total. The van der Waals surface area contributed by atoms with Crippen LogP contribution < -0.4 is 10.4 Å². The molecule has 212 valence electrons. The van der Waals surface area contributed by atoms with Gasteiger partial charge in [0.1, 0.15) is 22.9 Å². The minimum Gasteiger partial charge on any atom is -0.328 e. The molecule has 1 aromatic rings. The summed E-state index contributed by atoms with van der Waals surface area (Å²) < 4.78 is 13.4. The molecule has 0 aliphatic heterocycles. The molecule has 13 heteroatoms. The van der Waals surface area contributed by atoms with Gasteiger partial charge in [-0.3, -0.25) is 20.5 Å². The van der Waals surface area contributed by atoms with Crippen LogP contribution in [0.2, 0.25) is 0 Å². The van der Waals surface area contributed by atoms with E-state index in [9.17, 15) is 19.7 Å². The van der Waals surface area contributed by atoms with Crippen LogP contribution >= 0.6 is 24.0 Å². The second-order valence-electron chi connectivity index (χ2n) is 9.65. The zero-order valence-corrected chi connectivity index (χ0v) is 24.2. The molecule has 5 atom stereocenters. The fraction of sp³-hybridized carbons (Fsp3) is 0.615. The molecule has 1 saturated carbocycles. The number of amides is 1. The Labute approximate surface area is 238 Å². The van der Waals surface area contributed by atoms with Crippen molar-refractivity contribution in [1.82, 2.24) is 25.8 Å². The van der Waals surface area contributed by atoms with Gasteiger partial charge in [-0.15, -0.1) is 5.10 Å². The predicted octanol–water partition coefficient (Wildman–Crippen LogP) is 3.69. The first-order chi connectivity index (χ1) is 18.9. The van der Waals surface area contributed by atoms with Crippen LogP contribution in [0.5, 0.6) is 0 Å². The third kappa shape index (κ3) is 7.86. The molecule has 2 aliphatic rings. The number of hydrogen-bond donors (Lipinski definition) is 3. The third-order valence-corrected chi connectivity index (χ3v) is 8.22. The van der Waals surface area contributed by atoms with Crippen molar-refractivity contribution in [2.75, 3.05) is 30.0 Å². The number of carbonyl (C=O) groups is 1. The molecule has 2 aliphatic carbocycles. The number of thioether (sulfide) groups is 1. The summed E-state index contributed by atoms with van der Waals surface area (Å²) in [6, 6.07) is 1.45. The van der Waals surface area contributed by atoms with Crippen molar-refractivity contribution in [3.8, 4) is 6.07 Å². The van der Waals surface area contributed by atoms with Crippen molar-refractivity contribution in [2.24, 2.45) is 22.7 Å². The molecule has 3 N–H and O–H groups in total. The van der Waals surface area contributed by atoms with Gasteiger partial charge in [-0.1, -0.05) is 36.5 Å². The molecule has 0 radical (unpaired) electrons. The van der Waals surface area contributed by atoms with Crippen LogP contribution in [0.15, 0.2) is 35.5 Å². The zero-order valence-electron chi connectivity index (χ0n) is 22.5. The maximum Gasteiger partial charge on any atom is 0.240 e. The Kier molecular flexibility index (Phi) is 11.9. The lowest BCUT2D eigenvalue weighted by atomic mass is 9.93. The first kappa shape index (κ1) is 30.7. The SMILES string of the molecule is CCN(C(=S)[C@H](C/C=C/CN=C(NO)C1CC1F)N(C(=O)C(C)C#N)C(CSC)C1CC=CC1)c1cn[nH]n1. The number of hydroxylamine groups is 1. The van der Waals surface area contributed by atoms with E-state index in [1.807, 2.05) is 40.6 Å². The lowest BCUT2D eigenvalue weighted by Crippen LogP contribution is -2.58. The van der Waals surface area contributed by atoms with Crippen LogP contribution in [0.1, 0.15) is 39.5 Å². The van der Waals surface area contributed by atoms with E-state index >= 15 is 0 Å². The molecule has 1 fully saturated rings. The zero-order chi connectivity index (χ0) is 28.4. The van der Waals surface area contributed by atoms with Crippen molar-refractivity contribution in [2.45, 2.75) is 57.8 Å². The van der Waals surface area contributed by atoms with Gasteiger partial charge in [-0.2, -0.15) is 27.3 Å². The summed E-state index contributed by atoms with van der Waals surface area (Å²) >= 11 is 7.70. The summed E-state index contributed by atoms with van der Waals surface area (Å²) in [6.07, 6.45) is 13.0. The second kappa shape index (κ2) is 15.1. The average molecular weight is 577 g/mol. The minimum absolute atomic E-state index is 0.134. The monoisotopic (exact) mass is 576 g/mol. The summed E-state index contributed by atoms with van der Waals surface area (Å²) in [5.41, 5.74) is 2.00. The normalized spacial score (nSPS) is 21.4. The number of carbonyl (C=O) groups excluding carboxylic acids is 1. The number of rotatable bonds is 14. The number of likely N-dealkylation sites (N-methyl/N-ethyl adjacent to an activating group) is 1. The number of amidine groups is 1. The Bertz CT molecular complexity index is 1080. The highest BCUT2D eigenvalue weighted by molar-refractivity contribution is 7.98. The number of aromatic nitrogens is 3. The Hall–Kier alpha value is -2.82. The number of nitrogens with one attached hydrogen (secondary N) is 2. The summed E-state index contributed by atoms with van der Waals surface area (Å²) in [7, 11) is 0. The number of allylic oxidation sites excluding steroid dienone is 2. The van der Waals surface area contributed by atoms with Crippen molar-refractivity contribution in [3.63, 3.8) is 0 Å². The van der Waals surface area contributed by atoms with Crippen molar-refractivity contribution >= 4 is 46.5 Å². The third-order valence-electron chi connectivity index (χ3n) is 7.06. The highest BCUT2D eigenvalue weighted by atomic mass is 32.2. The van der Waals surface area contributed by atoms with Gasteiger partial charge in [0.2, 0.25) is 5.91 Å². The van der Waals surface area contributed by atoms with Crippen molar-refractivity contribution in [1.29, 1.82) is 5.26 Å². The van der Waals surface area contributed by atoms with Crippen molar-refractivity contribution in [3.05, 3.63) is 30.5 Å². The van der Waals surface area contributed by atoms with Crippen LogP contribution in [-0.2, 0) is 4.79 Å². The van der Waals surface area contributed by atoms with E-state index < -0.39 is 24.0 Å². The molecule has 0 saturated heterocycles. The summed E-state index contributed by atoms with van der Waals surface area (Å²) in [4.78, 5) is 22.3. The summed E-state index contributed by atoms with van der Waals surface area (Å²) in [6.45, 7) is 4.32. The molecule has 0 aromatic carbocycles. The molecule has 1 heterocycles. The van der Waals surface area contributed by atoms with Crippen LogP contribution in [0.3, 0.4) is 0 Å². The van der Waals surface area contributed by atoms with Gasteiger partial charge in [-0.25, -0.2) is 4.39 Å². The largest absolute Gasteiger partial charge is 0.328 e. The van der Waals surface area contributed by atoms with Crippen LogP contribution in [0, 0.1) is 29.1 Å². The Balaban J connectivity index is 1.95. The van der Waals surface area contributed by atoms with Crippen LogP contribution in [0.25, 0.3) is 0 Å². The fourth-order valence-corrected chi connectivity index (χ4v) is 6.00. The first-order valence-corrected chi connectivity index (χ1v) is 14.9. The average Bonchev–Trinajstić information content (AvgIpc) is 3.34. The first-order valence-electron chi connectivity index (χ1n) is 13.1. The number of nitrogens with zero attached hydrogens (tertiary/aromatic N) is 6. The topological polar surface area (TPSA) is 134 Å². The van der Waals surface area contributed by atoms with E-state index in [1.54, 1.807) is 24.9 Å². The second-order valence-corrected chi connectivity index (χ2v) is 11.0. The standard InChI is InChI=1S/C26H37FN8O2S2/c1-4-34(23-15-30-33-31-23)26(38)21(11-7-8-12-29-24(32-37)19-13-20(19)27)35(25(36)17(2)14-28)22(16-39-3)18-9-5-6-10-18/h5-8,15,17-22,37H,4,9-13,16H2,1-3H3,(H,29,32)(H,30,31,33)/b8-7+/t17?,19?,20?,21-,22?/m0/s1. The highest BCUT2D eigenvalue weighted by Gasteiger charge is 2.42. The molecular weight excluding hydrogens is 539 g/mol. The van der Waals surface area contributed by atoms with Gasteiger partial charge in [0.05, 0.1) is 30.8 Å². The quantitative estimate of drug-likeness (QED) is 0.0997. The Morgan fingerprint density at radius 2 is 2.18 bits per heavy atom. The lowest BCUT2D eigenvalue weighted by Gasteiger charge is -2.43. The van der Waals surface area contributed by atoms with Crippen molar-refractivity contribution < 1.29 is 14.4 Å². The Morgan fingerprint density at radius 3 is 2.72 bits per heavy atom. The molecule has 1 amide bonds. The molecule has 3 rings (SSSR count). The van der Waals surface area contributed by atoms with Gasteiger partial charge >= 0.3 is 0 Å². The van der Waals surface area contributed by atoms with E-state index in [0.717, 1.165) is 12.8 Å². The van der Waals surface area contributed by atoms with Crippen LogP contribution in [-0.4, -0.2) is 85.6 Å². The van der Waals surface area contributed by atoms with E-state index in [4.69, 9.17) is 12.2 Å². The Morgan fingerprint density at radius 1 is 1.46 bits per heavy atom. The fourth-order valence-electron chi connectivity index (χ4n) is 4.80. The smallest absolute Gasteiger partial charge is 0.240 e. The number of halogens is 1. The van der Waals surface area contributed by atoms with Gasteiger partial charge in [0.25, 0.3) is 0 Å². The van der Waals surface area contributed by atoms with Gasteiger partial charge in [-0.05, 0) is 51.7 Å². The predicted molar refractivity (Wildman–Crippen MR) is 155 cm³/mol. The number of alkyl halides is 1. The molecule has 0 bridgehead atoms. The number of aromatic amines is 1. The minimum atomic E-state index is -0.981. The molecule has 4 unspecified atom stereocenters. The van der Waals surface area contributed by atoms with E-state index in [-0.39, 0.29) is 30.2 Å². The highest BCUT2D eigenvalue weighted by Crippen LogP contribution is 2.34. The maximum atomic E-state index is 13.9. The number of nitriles is 1. The van der Waals surface area contributed by atoms with E-state index in [2.05, 4.69) is 38.6 Å². The van der Waals surface area contributed by atoms with Gasteiger partial charge in [0, 0.05) is 18.3 Å². The van der Waals surface area contributed by atoms with Crippen LogP contribution in [0.4, 0.5) is 10.2 Å². The number of H-pyrrole nitrogens is 1. The number of aliphatic imine (C=N–C) groups is 1. The van der Waals surface area contributed by atoms with Gasteiger partial charge in [0.15, 0.2) is 5.82 Å². The number of anilines is 1.